The summed E-state index contributed by atoms with van der Waals surface area (Å²) < 4.78 is 14.6. The first-order chi connectivity index (χ1) is 18.7. The number of nitrogens with two attached hydrogens (primary N) is 1. The molecule has 4 rings (SSSR count). The maximum Gasteiger partial charge on any atom is 0.144 e. The maximum atomic E-state index is 14.6. The van der Waals surface area contributed by atoms with Gasteiger partial charge in [-0.2, -0.15) is 0 Å². The molecule has 0 bridgehead atoms. The second-order valence-electron chi connectivity index (χ2n) is 9.37. The number of benzene rings is 2. The third-order valence-corrected chi connectivity index (χ3v) is 8.47. The number of hydrogen-bond acceptors (Lipinski definition) is 6. The average Bonchev–Trinajstić information content (AvgIpc) is 3.36. The Hall–Kier alpha value is -2.18. The Morgan fingerprint density at radius 2 is 2.00 bits per heavy atom. The number of nitrogens with zero attached hydrogens (tertiary/aromatic N) is 4. The van der Waals surface area contributed by atoms with E-state index in [1.807, 2.05) is 51.2 Å². The SMILES string of the molecule is C=C(CC)N1CCC(C)C1.C=C[C@@H](N)CSc1cc(F)c(C2=NN=P2)cc1N(C)Cc1ccc(Cl)cc1.CC. The summed E-state index contributed by atoms with van der Waals surface area (Å²) in [6, 6.07) is 10.9. The maximum absolute atomic E-state index is 14.6. The molecule has 0 spiro atoms. The van der Waals surface area contributed by atoms with Gasteiger partial charge in [0.15, 0.2) is 0 Å². The first-order valence-electron chi connectivity index (χ1n) is 13.4. The molecule has 212 valence electrons. The summed E-state index contributed by atoms with van der Waals surface area (Å²) in [6.45, 7) is 19.3. The van der Waals surface area contributed by atoms with Gasteiger partial charge in [0.2, 0.25) is 0 Å². The number of allylic oxidation sites excluding steroid dienone is 1. The van der Waals surface area contributed by atoms with Crippen LogP contribution in [0.5, 0.6) is 0 Å². The normalized spacial score (nSPS) is 16.6. The summed E-state index contributed by atoms with van der Waals surface area (Å²) >= 11 is 7.49. The van der Waals surface area contributed by atoms with Crippen LogP contribution in [0.15, 0.2) is 76.2 Å². The molecule has 1 fully saturated rings. The molecule has 0 aliphatic carbocycles. The van der Waals surface area contributed by atoms with Gasteiger partial charge in [0, 0.05) is 59.7 Å². The minimum Gasteiger partial charge on any atom is -0.375 e. The fraction of sp³-hybridized carbons (Fsp3) is 0.433. The molecule has 2 aliphatic rings. The van der Waals surface area contributed by atoms with E-state index in [-0.39, 0.29) is 11.9 Å². The lowest BCUT2D eigenvalue weighted by Gasteiger charge is -2.24. The van der Waals surface area contributed by atoms with Crippen molar-refractivity contribution in [2.24, 2.45) is 21.6 Å². The summed E-state index contributed by atoms with van der Waals surface area (Å²) in [6.07, 6.45) is 4.14. The van der Waals surface area contributed by atoms with Gasteiger partial charge in [0.05, 0.1) is 14.1 Å². The highest BCUT2D eigenvalue weighted by molar-refractivity contribution is 7.99. The van der Waals surface area contributed by atoms with Crippen molar-refractivity contribution in [3.63, 3.8) is 0 Å². The van der Waals surface area contributed by atoms with E-state index < -0.39 is 0 Å². The van der Waals surface area contributed by atoms with Crippen LogP contribution < -0.4 is 10.6 Å². The smallest absolute Gasteiger partial charge is 0.144 e. The predicted molar refractivity (Wildman–Crippen MR) is 171 cm³/mol. The molecule has 0 saturated carbocycles. The minimum absolute atomic E-state index is 0.152. The van der Waals surface area contributed by atoms with Gasteiger partial charge in [0.1, 0.15) is 11.3 Å². The third kappa shape index (κ3) is 10.1. The Labute approximate surface area is 245 Å². The van der Waals surface area contributed by atoms with E-state index in [0.29, 0.717) is 36.7 Å². The van der Waals surface area contributed by atoms with Crippen LogP contribution in [0.4, 0.5) is 10.1 Å². The second kappa shape index (κ2) is 16.8. The number of hydrogen-bond donors (Lipinski definition) is 1. The zero-order valence-electron chi connectivity index (χ0n) is 23.8. The van der Waals surface area contributed by atoms with Crippen molar-refractivity contribution in [1.82, 2.24) is 4.90 Å². The van der Waals surface area contributed by atoms with Gasteiger partial charge in [-0.25, -0.2) is 4.39 Å². The molecule has 2 aromatic carbocycles. The van der Waals surface area contributed by atoms with Crippen LogP contribution in [-0.2, 0) is 6.54 Å². The minimum atomic E-state index is -0.297. The fourth-order valence-electron chi connectivity index (χ4n) is 3.97. The molecular formula is C30H42ClFN5PS. The Morgan fingerprint density at radius 1 is 1.33 bits per heavy atom. The van der Waals surface area contributed by atoms with Crippen molar-refractivity contribution in [2.45, 2.75) is 58.0 Å². The van der Waals surface area contributed by atoms with Gasteiger partial charge in [-0.3, -0.25) is 0 Å². The van der Waals surface area contributed by atoms with E-state index in [4.69, 9.17) is 17.3 Å². The van der Waals surface area contributed by atoms with Gasteiger partial charge < -0.3 is 15.5 Å². The monoisotopic (exact) mass is 589 g/mol. The molecule has 2 N–H and O–H groups in total. The van der Waals surface area contributed by atoms with Gasteiger partial charge in [-0.05, 0) is 48.6 Å². The zero-order chi connectivity index (χ0) is 28.9. The highest BCUT2D eigenvalue weighted by Crippen LogP contribution is 2.36. The quantitative estimate of drug-likeness (QED) is 0.171. The van der Waals surface area contributed by atoms with E-state index in [9.17, 15) is 4.39 Å². The molecule has 2 aromatic rings. The van der Waals surface area contributed by atoms with E-state index in [2.05, 4.69) is 46.8 Å². The van der Waals surface area contributed by atoms with Crippen molar-refractivity contribution in [3.05, 3.63) is 83.3 Å². The van der Waals surface area contributed by atoms with Crippen LogP contribution in [0.3, 0.4) is 0 Å². The Balaban J connectivity index is 0.000000372. The van der Waals surface area contributed by atoms with Gasteiger partial charge in [0.25, 0.3) is 0 Å². The van der Waals surface area contributed by atoms with Crippen molar-refractivity contribution >= 4 is 42.9 Å². The molecule has 1 saturated heterocycles. The van der Waals surface area contributed by atoms with Crippen LogP contribution in [0.2, 0.25) is 5.02 Å². The van der Waals surface area contributed by atoms with Gasteiger partial charge >= 0.3 is 0 Å². The standard InChI is InChI=1S/C19H19ClFN4PS.C9H17N.C2H6/c1-3-14(22)11-27-18-9-16(21)15(19-23-24-26-19)8-17(18)25(2)10-12-4-6-13(20)7-5-12;1-4-9(3)10-6-5-8(2)7-10;1-2/h3-9,14H,1,10-11,22H2,2H3;8H,3-7H2,1-2H3;1-2H3/t14-;;/m1../s1. The average molecular weight is 590 g/mol. The first-order valence-corrected chi connectivity index (χ1v) is 15.6. The van der Waals surface area contributed by atoms with Crippen molar-refractivity contribution < 1.29 is 4.39 Å². The lowest BCUT2D eigenvalue weighted by Crippen LogP contribution is -2.21. The first kappa shape index (κ1) is 33.0. The van der Waals surface area contributed by atoms with Crippen molar-refractivity contribution in [2.75, 3.05) is 30.8 Å². The van der Waals surface area contributed by atoms with E-state index in [1.165, 1.54) is 37.0 Å². The second-order valence-corrected chi connectivity index (χ2v) is 11.7. The summed E-state index contributed by atoms with van der Waals surface area (Å²) in [5.74, 6) is 1.20. The third-order valence-electron chi connectivity index (χ3n) is 6.33. The fourth-order valence-corrected chi connectivity index (χ4v) is 5.62. The molecule has 2 atom stereocenters. The van der Waals surface area contributed by atoms with Crippen molar-refractivity contribution in [3.8, 4) is 0 Å². The predicted octanol–water partition coefficient (Wildman–Crippen LogP) is 8.80. The molecule has 2 heterocycles. The molecule has 1 unspecified atom stereocenters. The largest absolute Gasteiger partial charge is 0.375 e. The van der Waals surface area contributed by atoms with Crippen LogP contribution in [-0.4, -0.2) is 42.3 Å². The summed E-state index contributed by atoms with van der Waals surface area (Å²) in [5, 5.41) is 4.63. The van der Waals surface area contributed by atoms with Gasteiger partial charge in [-0.1, -0.05) is 64.1 Å². The molecule has 0 amide bonds. The number of thioether (sulfide) groups is 1. The van der Waals surface area contributed by atoms with Crippen LogP contribution in [0.1, 0.15) is 51.7 Å². The molecular weight excluding hydrogens is 548 g/mol. The van der Waals surface area contributed by atoms with E-state index in [1.54, 1.807) is 12.1 Å². The molecule has 39 heavy (non-hydrogen) atoms. The van der Waals surface area contributed by atoms with Crippen molar-refractivity contribution in [1.29, 1.82) is 0 Å². The molecule has 0 radical (unpaired) electrons. The van der Waals surface area contributed by atoms with Crippen LogP contribution in [0.25, 0.3) is 0 Å². The number of likely N-dealkylation sites (tertiary alicyclic amines) is 1. The number of rotatable bonds is 10. The van der Waals surface area contributed by atoms with E-state index >= 15 is 0 Å². The molecule has 9 heteroatoms. The summed E-state index contributed by atoms with van der Waals surface area (Å²) in [4.78, 5) is 9.12. The van der Waals surface area contributed by atoms with Crippen LogP contribution in [0, 0.1) is 11.7 Å². The zero-order valence-corrected chi connectivity index (χ0v) is 26.3. The molecule has 2 aliphatic heterocycles. The number of anilines is 1. The lowest BCUT2D eigenvalue weighted by molar-refractivity contribution is 0.400. The molecule has 5 nitrogen and oxygen atoms in total. The Kier molecular flexibility index (Phi) is 14.2. The summed E-state index contributed by atoms with van der Waals surface area (Å²) in [5.41, 5.74) is 10.4. The Bertz CT molecular complexity index is 1150. The highest BCUT2D eigenvalue weighted by Gasteiger charge is 2.20. The van der Waals surface area contributed by atoms with E-state index in [0.717, 1.165) is 28.5 Å². The number of halogens is 2. The molecule has 0 aromatic heterocycles. The van der Waals surface area contributed by atoms with Gasteiger partial charge in [-0.15, -0.1) is 28.3 Å². The highest BCUT2D eigenvalue weighted by atomic mass is 35.5. The topological polar surface area (TPSA) is 57.2 Å². The Morgan fingerprint density at radius 3 is 2.51 bits per heavy atom. The van der Waals surface area contributed by atoms with Crippen LogP contribution >= 0.6 is 31.7 Å². The lowest BCUT2D eigenvalue weighted by atomic mass is 10.1. The summed E-state index contributed by atoms with van der Waals surface area (Å²) in [7, 11) is 2.68.